The van der Waals surface area contributed by atoms with Crippen molar-refractivity contribution < 1.29 is 42.1 Å². The van der Waals surface area contributed by atoms with E-state index < -0.39 is 35.8 Å². The monoisotopic (exact) mass is 763 g/mol. The van der Waals surface area contributed by atoms with Crippen molar-refractivity contribution in [2.45, 2.75) is 64.5 Å². The molecule has 1 aliphatic rings. The second-order valence-electron chi connectivity index (χ2n) is 14.0. The first-order chi connectivity index (χ1) is 26.2. The lowest BCUT2D eigenvalue weighted by Gasteiger charge is -2.35. The first-order valence-corrected chi connectivity index (χ1v) is 18.3. The van der Waals surface area contributed by atoms with Crippen molar-refractivity contribution >= 4 is 45.8 Å². The highest BCUT2D eigenvalue weighted by atomic mass is 19.4. The molecule has 0 bridgehead atoms. The van der Waals surface area contributed by atoms with E-state index in [4.69, 9.17) is 9.47 Å². The Morgan fingerprint density at radius 1 is 0.945 bits per heavy atom. The van der Waals surface area contributed by atoms with Crippen molar-refractivity contribution in [1.29, 1.82) is 0 Å². The van der Waals surface area contributed by atoms with Gasteiger partial charge in [0.15, 0.2) is 0 Å². The van der Waals surface area contributed by atoms with E-state index in [1.54, 1.807) is 31.0 Å². The number of aliphatic hydroxyl groups is 1. The minimum absolute atomic E-state index is 0.141. The molecule has 11 nitrogen and oxygen atoms in total. The summed E-state index contributed by atoms with van der Waals surface area (Å²) < 4.78 is 51.6. The Bertz CT molecular complexity index is 1940. The molecule has 4 atom stereocenters. The standard InChI is InChI=1S/C41H48F3N5O6/c1-26-23-49(27(2)25-50)38(51)34-22-32(46-39(52)45-31-17-15-30(16-18-31)41(42,43)44)19-20-36(34)55-28(3)10-7-8-21-54-37(26)24-48(4)40(53)47-35-14-9-12-29-11-5-6-13-33(29)35/h5-6,9,11-20,22,26-28,37,50H,7-8,10,21,23-25H2,1-4H3,(H,47,53)(H2,45,46,52)/t26-,27+,28+,37-/m1/s1. The highest BCUT2D eigenvalue weighted by Gasteiger charge is 2.32. The van der Waals surface area contributed by atoms with Gasteiger partial charge in [0.2, 0.25) is 0 Å². The molecule has 5 amide bonds. The Labute approximate surface area is 318 Å². The number of anilines is 3. The molecule has 4 aromatic carbocycles. The van der Waals surface area contributed by atoms with E-state index in [-0.39, 0.29) is 54.7 Å². The number of carbonyl (C=O) groups is 3. The number of aliphatic hydroxyl groups excluding tert-OH is 1. The first kappa shape index (κ1) is 40.8. The zero-order valence-electron chi connectivity index (χ0n) is 31.4. The Hall–Kier alpha value is -5.34. The number of benzene rings is 4. The van der Waals surface area contributed by atoms with E-state index in [1.165, 1.54) is 11.0 Å². The van der Waals surface area contributed by atoms with Gasteiger partial charge in [0, 0.05) is 49.4 Å². The van der Waals surface area contributed by atoms with Gasteiger partial charge in [0.25, 0.3) is 5.91 Å². The quantitative estimate of drug-likeness (QED) is 0.149. The third-order valence-electron chi connectivity index (χ3n) is 9.61. The molecular formula is C41H48F3N5O6. The second-order valence-corrected chi connectivity index (χ2v) is 14.0. The fourth-order valence-corrected chi connectivity index (χ4v) is 6.40. The summed E-state index contributed by atoms with van der Waals surface area (Å²) in [5.74, 6) is -0.461. The maximum Gasteiger partial charge on any atom is 0.416 e. The third kappa shape index (κ3) is 10.9. The van der Waals surface area contributed by atoms with E-state index in [2.05, 4.69) is 16.0 Å². The van der Waals surface area contributed by atoms with Crippen LogP contribution in [0.25, 0.3) is 10.8 Å². The molecule has 0 saturated carbocycles. The molecule has 0 unspecified atom stereocenters. The zero-order chi connectivity index (χ0) is 39.7. The summed E-state index contributed by atoms with van der Waals surface area (Å²) in [5, 5.41) is 20.4. The predicted molar refractivity (Wildman–Crippen MR) is 207 cm³/mol. The van der Waals surface area contributed by atoms with Gasteiger partial charge >= 0.3 is 18.2 Å². The molecule has 1 heterocycles. The molecule has 0 radical (unpaired) electrons. The van der Waals surface area contributed by atoms with Gasteiger partial charge in [0.05, 0.1) is 41.7 Å². The van der Waals surface area contributed by atoms with E-state index >= 15 is 0 Å². The lowest BCUT2D eigenvalue weighted by molar-refractivity contribution is -0.137. The number of amides is 5. The van der Waals surface area contributed by atoms with Gasteiger partial charge in [-0.2, -0.15) is 13.2 Å². The summed E-state index contributed by atoms with van der Waals surface area (Å²) in [4.78, 5) is 43.9. The normalized spacial score (nSPS) is 19.0. The number of carbonyl (C=O) groups excluding carboxylic acids is 3. The highest BCUT2D eigenvalue weighted by Crippen LogP contribution is 2.31. The van der Waals surface area contributed by atoms with Gasteiger partial charge in [-0.05, 0) is 87.0 Å². The molecular weight excluding hydrogens is 715 g/mol. The van der Waals surface area contributed by atoms with Crippen LogP contribution in [0.1, 0.15) is 56.0 Å². The molecule has 0 saturated heterocycles. The average molecular weight is 764 g/mol. The largest absolute Gasteiger partial charge is 0.490 e. The molecule has 4 aromatic rings. The molecule has 55 heavy (non-hydrogen) atoms. The Morgan fingerprint density at radius 3 is 2.36 bits per heavy atom. The van der Waals surface area contributed by atoms with Gasteiger partial charge in [-0.3, -0.25) is 4.79 Å². The smallest absolute Gasteiger partial charge is 0.416 e. The lowest BCUT2D eigenvalue weighted by atomic mass is 10.0. The van der Waals surface area contributed by atoms with Crippen molar-refractivity contribution in [3.8, 4) is 5.75 Å². The van der Waals surface area contributed by atoms with Gasteiger partial charge in [-0.1, -0.05) is 43.3 Å². The molecule has 5 rings (SSSR count). The number of alkyl halides is 3. The maximum absolute atomic E-state index is 14.4. The Balaban J connectivity index is 1.35. The number of hydrogen-bond acceptors (Lipinski definition) is 6. The van der Waals surface area contributed by atoms with Crippen LogP contribution in [0.15, 0.2) is 84.9 Å². The Kier molecular flexibility index (Phi) is 13.6. The van der Waals surface area contributed by atoms with Crippen molar-refractivity contribution in [3.63, 3.8) is 0 Å². The summed E-state index contributed by atoms with van der Waals surface area (Å²) in [6, 6.07) is 20.5. The maximum atomic E-state index is 14.4. The topological polar surface area (TPSA) is 132 Å². The number of ether oxygens (including phenoxy) is 2. The van der Waals surface area contributed by atoms with Crippen molar-refractivity contribution in [3.05, 3.63) is 96.1 Å². The molecule has 14 heteroatoms. The molecule has 294 valence electrons. The number of likely N-dealkylation sites (N-methyl/N-ethyl adjacent to an activating group) is 1. The Morgan fingerprint density at radius 2 is 1.64 bits per heavy atom. The van der Waals surface area contributed by atoms with E-state index in [1.807, 2.05) is 56.3 Å². The fourth-order valence-electron chi connectivity index (χ4n) is 6.40. The van der Waals surface area contributed by atoms with E-state index in [9.17, 15) is 32.7 Å². The van der Waals surface area contributed by atoms with Crippen LogP contribution >= 0.6 is 0 Å². The van der Waals surface area contributed by atoms with Crippen LogP contribution in [-0.4, -0.2) is 84.5 Å². The van der Waals surface area contributed by atoms with E-state index in [0.29, 0.717) is 24.5 Å². The van der Waals surface area contributed by atoms with Crippen molar-refractivity contribution in [2.24, 2.45) is 5.92 Å². The molecule has 0 spiro atoms. The third-order valence-corrected chi connectivity index (χ3v) is 9.61. The van der Waals surface area contributed by atoms with Crippen LogP contribution in [0.3, 0.4) is 0 Å². The number of nitrogens with zero attached hydrogens (tertiary/aromatic N) is 2. The van der Waals surface area contributed by atoms with Crippen LogP contribution in [0.4, 0.5) is 39.8 Å². The van der Waals surface area contributed by atoms with Crippen LogP contribution < -0.4 is 20.7 Å². The molecule has 0 aromatic heterocycles. The van der Waals surface area contributed by atoms with Gasteiger partial charge in [-0.15, -0.1) is 0 Å². The average Bonchev–Trinajstić information content (AvgIpc) is 3.15. The number of rotatable bonds is 7. The van der Waals surface area contributed by atoms with Crippen LogP contribution in [0.5, 0.6) is 5.75 Å². The van der Waals surface area contributed by atoms with Crippen LogP contribution in [-0.2, 0) is 10.9 Å². The summed E-state index contributed by atoms with van der Waals surface area (Å²) in [6.45, 7) is 6.03. The lowest BCUT2D eigenvalue weighted by Crippen LogP contribution is -2.48. The van der Waals surface area contributed by atoms with Crippen molar-refractivity contribution in [2.75, 3.05) is 49.3 Å². The van der Waals surface area contributed by atoms with Gasteiger partial charge in [0.1, 0.15) is 5.75 Å². The summed E-state index contributed by atoms with van der Waals surface area (Å²) in [5.41, 5.74) is 0.360. The van der Waals surface area contributed by atoms with Crippen LogP contribution in [0.2, 0.25) is 0 Å². The zero-order valence-corrected chi connectivity index (χ0v) is 31.4. The SMILES string of the molecule is C[C@@H]1CN([C@@H](C)CO)C(=O)c2cc(NC(=O)Nc3ccc(C(F)(F)F)cc3)ccc2O[C@@H](C)CCCCO[C@@H]1CN(C)C(=O)Nc1cccc2ccccc12. The van der Waals surface area contributed by atoms with Crippen molar-refractivity contribution in [1.82, 2.24) is 9.80 Å². The molecule has 1 aliphatic heterocycles. The van der Waals surface area contributed by atoms with E-state index in [0.717, 1.165) is 47.9 Å². The van der Waals surface area contributed by atoms with Crippen LogP contribution in [0, 0.1) is 5.92 Å². The summed E-state index contributed by atoms with van der Waals surface area (Å²) in [6.07, 6.45) is -3.08. The minimum Gasteiger partial charge on any atom is -0.490 e. The molecule has 0 fully saturated rings. The first-order valence-electron chi connectivity index (χ1n) is 18.3. The number of hydrogen-bond donors (Lipinski definition) is 4. The predicted octanol–water partition coefficient (Wildman–Crippen LogP) is 8.46. The number of halogens is 3. The molecule has 4 N–H and O–H groups in total. The summed E-state index contributed by atoms with van der Waals surface area (Å²) >= 11 is 0. The molecule has 0 aliphatic carbocycles. The fraction of sp³-hybridized carbons (Fsp3) is 0.390. The highest BCUT2D eigenvalue weighted by molar-refractivity contribution is 6.03. The second kappa shape index (κ2) is 18.3. The number of nitrogens with one attached hydrogen (secondary N) is 3. The van der Waals surface area contributed by atoms with Gasteiger partial charge in [-0.25, -0.2) is 9.59 Å². The minimum atomic E-state index is -4.51. The van der Waals surface area contributed by atoms with Gasteiger partial charge < -0.3 is 40.3 Å². The summed E-state index contributed by atoms with van der Waals surface area (Å²) in [7, 11) is 1.69. The number of urea groups is 2. The number of fused-ring (bicyclic) bond motifs is 2.